The number of hydrogen-bond donors (Lipinski definition) is 1. The zero-order valence-electron chi connectivity index (χ0n) is 6.87. The first kappa shape index (κ1) is 12.6. The van der Waals surface area contributed by atoms with Crippen LogP contribution in [0.15, 0.2) is 17.0 Å². The Balaban J connectivity index is 3.59. The second-order valence-electron chi connectivity index (χ2n) is 2.51. The van der Waals surface area contributed by atoms with Gasteiger partial charge >= 0.3 is 5.97 Å². The summed E-state index contributed by atoms with van der Waals surface area (Å²) in [6, 6.07) is 1.89. The van der Waals surface area contributed by atoms with E-state index in [1.165, 1.54) is 0 Å². The summed E-state index contributed by atoms with van der Waals surface area (Å²) in [5.74, 6) is -1.32. The smallest absolute Gasteiger partial charge is 0.335 e. The quantitative estimate of drug-likeness (QED) is 0.850. The summed E-state index contributed by atoms with van der Waals surface area (Å²) in [4.78, 5) is 10.1. The van der Waals surface area contributed by atoms with Gasteiger partial charge in [-0.2, -0.15) is 0 Å². The number of aromatic carboxylic acids is 1. The Bertz CT molecular complexity index is 523. The third-order valence-corrected chi connectivity index (χ3v) is 3.76. The summed E-state index contributed by atoms with van der Waals surface area (Å²) in [5.41, 5.74) is -0.302. The molecule has 0 saturated heterocycles. The fourth-order valence-corrected chi connectivity index (χ4v) is 2.63. The Labute approximate surface area is 99.8 Å². The Kier molecular flexibility index (Phi) is 3.50. The van der Waals surface area contributed by atoms with E-state index in [0.29, 0.717) is 0 Å². The summed E-state index contributed by atoms with van der Waals surface area (Å²) < 4.78 is 22.0. The molecular weight excluding hydrogens is 286 g/mol. The van der Waals surface area contributed by atoms with Crippen molar-refractivity contribution in [3.05, 3.63) is 27.7 Å². The van der Waals surface area contributed by atoms with Gasteiger partial charge < -0.3 is 5.11 Å². The van der Waals surface area contributed by atoms with Crippen LogP contribution < -0.4 is 0 Å². The molecule has 0 bridgehead atoms. The lowest BCUT2D eigenvalue weighted by Gasteiger charge is -2.04. The summed E-state index contributed by atoms with van der Waals surface area (Å²) in [5, 5.41) is 8.17. The fourth-order valence-electron chi connectivity index (χ4n) is 0.865. The lowest BCUT2D eigenvalue weighted by Crippen LogP contribution is -2.00. The van der Waals surface area contributed by atoms with Crippen LogP contribution in [0.3, 0.4) is 0 Å². The molecule has 1 aromatic carbocycles. The number of carboxylic acid groups (broad SMARTS) is 1. The molecular formula is C7H3Cl3O4S. The van der Waals surface area contributed by atoms with Crippen molar-refractivity contribution in [1.82, 2.24) is 0 Å². The first-order chi connectivity index (χ1) is 6.73. The van der Waals surface area contributed by atoms with Gasteiger partial charge in [-0.1, -0.05) is 23.2 Å². The van der Waals surface area contributed by atoms with Crippen LogP contribution in [0, 0.1) is 0 Å². The Hall–Kier alpha value is -0.490. The molecule has 1 N–H and O–H groups in total. The second kappa shape index (κ2) is 4.17. The summed E-state index contributed by atoms with van der Waals surface area (Å²) >= 11 is 11.1. The Morgan fingerprint density at radius 2 is 1.80 bits per heavy atom. The molecule has 0 saturated carbocycles. The molecule has 82 valence electrons. The van der Waals surface area contributed by atoms with Crippen LogP contribution in [0.4, 0.5) is 0 Å². The van der Waals surface area contributed by atoms with E-state index in [1.807, 2.05) is 0 Å². The first-order valence-electron chi connectivity index (χ1n) is 3.40. The van der Waals surface area contributed by atoms with E-state index in [2.05, 4.69) is 0 Å². The van der Waals surface area contributed by atoms with Crippen LogP contribution in [0.2, 0.25) is 10.0 Å². The third kappa shape index (κ3) is 2.75. The number of carboxylic acids is 1. The largest absolute Gasteiger partial charge is 0.478 e. The average Bonchev–Trinajstić information content (AvgIpc) is 2.06. The van der Waals surface area contributed by atoms with Crippen molar-refractivity contribution < 1.29 is 18.3 Å². The number of hydrogen-bond acceptors (Lipinski definition) is 3. The van der Waals surface area contributed by atoms with Crippen LogP contribution in [0.5, 0.6) is 0 Å². The Morgan fingerprint density at radius 3 is 2.20 bits per heavy atom. The van der Waals surface area contributed by atoms with E-state index in [0.717, 1.165) is 12.1 Å². The van der Waals surface area contributed by atoms with Gasteiger partial charge in [0.1, 0.15) is 4.90 Å². The molecule has 0 aromatic heterocycles. The van der Waals surface area contributed by atoms with E-state index in [1.54, 1.807) is 0 Å². The molecule has 0 heterocycles. The average molecular weight is 290 g/mol. The van der Waals surface area contributed by atoms with Gasteiger partial charge in [0.25, 0.3) is 9.05 Å². The molecule has 1 aromatic rings. The molecule has 0 unspecified atom stereocenters. The van der Waals surface area contributed by atoms with Crippen molar-refractivity contribution in [1.29, 1.82) is 0 Å². The maximum absolute atomic E-state index is 11.0. The highest BCUT2D eigenvalue weighted by molar-refractivity contribution is 8.13. The van der Waals surface area contributed by atoms with E-state index >= 15 is 0 Å². The molecule has 0 amide bonds. The standard InChI is InChI=1S/C7H3Cl3O4S/c8-4-1-3(7(11)12)2-5(6(4)9)15(10,13)14/h1-2H,(H,11,12). The van der Waals surface area contributed by atoms with Crippen molar-refractivity contribution >= 4 is 48.9 Å². The number of rotatable bonds is 2. The van der Waals surface area contributed by atoms with Crippen LogP contribution in [0.25, 0.3) is 0 Å². The van der Waals surface area contributed by atoms with Crippen LogP contribution >= 0.6 is 33.9 Å². The van der Waals surface area contributed by atoms with Gasteiger partial charge in [-0.3, -0.25) is 0 Å². The van der Waals surface area contributed by atoms with E-state index in [9.17, 15) is 13.2 Å². The lowest BCUT2D eigenvalue weighted by molar-refractivity contribution is 0.0696. The highest BCUT2D eigenvalue weighted by atomic mass is 35.7. The second-order valence-corrected chi connectivity index (χ2v) is 5.83. The summed E-state index contributed by atoms with van der Waals surface area (Å²) in [7, 11) is 0.929. The minimum Gasteiger partial charge on any atom is -0.478 e. The third-order valence-electron chi connectivity index (χ3n) is 1.50. The molecule has 0 spiro atoms. The predicted octanol–water partition coefficient (Wildman–Crippen LogP) is 2.62. The maximum Gasteiger partial charge on any atom is 0.335 e. The van der Waals surface area contributed by atoms with Crippen LogP contribution in [0.1, 0.15) is 10.4 Å². The van der Waals surface area contributed by atoms with Crippen molar-refractivity contribution in [2.24, 2.45) is 0 Å². The molecule has 15 heavy (non-hydrogen) atoms. The van der Waals surface area contributed by atoms with Gasteiger partial charge in [0, 0.05) is 10.7 Å². The molecule has 0 aliphatic carbocycles. The highest BCUT2D eigenvalue weighted by Gasteiger charge is 2.20. The zero-order chi connectivity index (χ0) is 11.8. The lowest BCUT2D eigenvalue weighted by atomic mass is 10.2. The SMILES string of the molecule is O=C(O)c1cc(Cl)c(Cl)c(S(=O)(=O)Cl)c1. The molecule has 0 aliphatic rings. The summed E-state index contributed by atoms with van der Waals surface area (Å²) in [6.07, 6.45) is 0. The monoisotopic (exact) mass is 288 g/mol. The van der Waals surface area contributed by atoms with Crippen LogP contribution in [-0.4, -0.2) is 19.5 Å². The zero-order valence-corrected chi connectivity index (χ0v) is 9.95. The van der Waals surface area contributed by atoms with Crippen LogP contribution in [-0.2, 0) is 9.05 Å². The van der Waals surface area contributed by atoms with Gasteiger partial charge in [0.15, 0.2) is 0 Å². The van der Waals surface area contributed by atoms with Crippen molar-refractivity contribution in [3.63, 3.8) is 0 Å². The van der Waals surface area contributed by atoms with Gasteiger partial charge in [0.2, 0.25) is 0 Å². The molecule has 0 aliphatic heterocycles. The van der Waals surface area contributed by atoms with Gasteiger partial charge in [-0.25, -0.2) is 13.2 Å². The molecule has 1 rings (SSSR count). The van der Waals surface area contributed by atoms with Crippen molar-refractivity contribution in [3.8, 4) is 0 Å². The number of carbonyl (C=O) groups is 1. The molecule has 0 atom stereocenters. The van der Waals surface area contributed by atoms with E-state index in [-0.39, 0.29) is 15.6 Å². The van der Waals surface area contributed by atoms with Gasteiger partial charge in [-0.05, 0) is 12.1 Å². The Morgan fingerprint density at radius 1 is 1.27 bits per heavy atom. The maximum atomic E-state index is 11.0. The number of halogens is 3. The fraction of sp³-hybridized carbons (Fsp3) is 0. The molecule has 8 heteroatoms. The van der Waals surface area contributed by atoms with Crippen molar-refractivity contribution in [2.45, 2.75) is 4.90 Å². The molecule has 4 nitrogen and oxygen atoms in total. The highest BCUT2D eigenvalue weighted by Crippen LogP contribution is 2.32. The predicted molar refractivity (Wildman–Crippen MR) is 56.5 cm³/mol. The summed E-state index contributed by atoms with van der Waals surface area (Å²) in [6.45, 7) is 0. The molecule has 0 radical (unpaired) electrons. The topological polar surface area (TPSA) is 71.4 Å². The van der Waals surface area contributed by atoms with E-state index < -0.39 is 19.9 Å². The van der Waals surface area contributed by atoms with Gasteiger partial charge in [-0.15, -0.1) is 0 Å². The minimum absolute atomic E-state index is 0.184. The minimum atomic E-state index is -4.12. The van der Waals surface area contributed by atoms with E-state index in [4.69, 9.17) is 39.0 Å². The van der Waals surface area contributed by atoms with Crippen molar-refractivity contribution in [2.75, 3.05) is 0 Å². The normalized spacial score (nSPS) is 11.4. The van der Waals surface area contributed by atoms with Gasteiger partial charge in [0.05, 0.1) is 15.6 Å². The number of benzene rings is 1. The first-order valence-corrected chi connectivity index (χ1v) is 6.47. The molecule has 0 fully saturated rings.